The van der Waals surface area contributed by atoms with E-state index in [-0.39, 0.29) is 0 Å². The Morgan fingerprint density at radius 2 is 1.25 bits per heavy atom. The van der Waals surface area contributed by atoms with Gasteiger partial charge in [0.1, 0.15) is 0 Å². The molecule has 3 fully saturated rings. The molecule has 0 bridgehead atoms. The third-order valence-electron chi connectivity index (χ3n) is 4.22. The average molecular weight is 167 g/mol. The summed E-state index contributed by atoms with van der Waals surface area (Å²) in [6.07, 6.45) is 1.38. The van der Waals surface area contributed by atoms with Crippen molar-refractivity contribution >= 4 is 0 Å². The van der Waals surface area contributed by atoms with E-state index in [4.69, 9.17) is 0 Å². The molecule has 1 unspecified atom stereocenters. The van der Waals surface area contributed by atoms with Gasteiger partial charge < -0.3 is 16.0 Å². The minimum atomic E-state index is 0.595. The summed E-state index contributed by atoms with van der Waals surface area (Å²) in [5.74, 6) is 0. The number of fused-ring (bicyclic) bond motifs is 1. The molecule has 2 spiro atoms. The van der Waals surface area contributed by atoms with Crippen LogP contribution in [0.4, 0.5) is 0 Å². The van der Waals surface area contributed by atoms with Gasteiger partial charge in [0.2, 0.25) is 0 Å². The van der Waals surface area contributed by atoms with Gasteiger partial charge >= 0.3 is 0 Å². The maximum absolute atomic E-state index is 3.57. The summed E-state index contributed by atoms with van der Waals surface area (Å²) in [6.45, 7) is 7.41. The van der Waals surface area contributed by atoms with Crippen molar-refractivity contribution in [3.8, 4) is 0 Å². The fraction of sp³-hybridized carbons (Fsp3) is 1.00. The van der Waals surface area contributed by atoms with Crippen molar-refractivity contribution in [1.29, 1.82) is 0 Å². The molecule has 3 aliphatic rings. The lowest BCUT2D eigenvalue weighted by Crippen LogP contribution is -2.63. The molecule has 1 atom stereocenters. The highest BCUT2D eigenvalue weighted by Crippen LogP contribution is 2.49. The van der Waals surface area contributed by atoms with E-state index in [9.17, 15) is 0 Å². The van der Waals surface area contributed by atoms with Gasteiger partial charge in [-0.3, -0.25) is 0 Å². The van der Waals surface area contributed by atoms with Crippen LogP contribution in [0, 0.1) is 10.8 Å². The molecule has 0 aromatic carbocycles. The van der Waals surface area contributed by atoms with Gasteiger partial charge in [-0.2, -0.15) is 0 Å². The van der Waals surface area contributed by atoms with Crippen molar-refractivity contribution in [3.63, 3.8) is 0 Å². The first-order chi connectivity index (χ1) is 5.87. The molecule has 0 radical (unpaired) electrons. The van der Waals surface area contributed by atoms with E-state index in [1.807, 2.05) is 0 Å². The van der Waals surface area contributed by atoms with Crippen LogP contribution < -0.4 is 16.0 Å². The monoisotopic (exact) mass is 167 g/mol. The standard InChI is InChI=1S/C9H17N3/c1-2-10-3-8(1)4-11-5-9(8)6-12-7-9/h10-12H,1-7H2. The maximum atomic E-state index is 3.57. The SMILES string of the molecule is C1CC2(CN1)CNCC21CNC1. The summed E-state index contributed by atoms with van der Waals surface area (Å²) in [5, 5.41) is 10.5. The molecule has 0 amide bonds. The number of hydrogen-bond donors (Lipinski definition) is 3. The van der Waals surface area contributed by atoms with E-state index >= 15 is 0 Å². The molecular formula is C9H17N3. The van der Waals surface area contributed by atoms with Crippen molar-refractivity contribution in [3.05, 3.63) is 0 Å². The summed E-state index contributed by atoms with van der Waals surface area (Å²) >= 11 is 0. The lowest BCUT2D eigenvalue weighted by atomic mass is 9.61. The van der Waals surface area contributed by atoms with Crippen molar-refractivity contribution in [1.82, 2.24) is 16.0 Å². The Balaban J connectivity index is 1.91. The first-order valence-electron chi connectivity index (χ1n) is 4.99. The zero-order valence-electron chi connectivity index (χ0n) is 7.45. The molecule has 3 nitrogen and oxygen atoms in total. The van der Waals surface area contributed by atoms with Gasteiger partial charge in [-0.25, -0.2) is 0 Å². The smallest absolute Gasteiger partial charge is 0.0158 e. The van der Waals surface area contributed by atoms with E-state index in [0.29, 0.717) is 10.8 Å². The zero-order valence-corrected chi connectivity index (χ0v) is 7.45. The second-order valence-corrected chi connectivity index (χ2v) is 4.69. The molecule has 3 aliphatic heterocycles. The highest BCUT2D eigenvalue weighted by molar-refractivity contribution is 5.14. The molecule has 3 heterocycles. The zero-order chi connectivity index (χ0) is 8.07. The third kappa shape index (κ3) is 0.679. The van der Waals surface area contributed by atoms with Crippen LogP contribution in [0.3, 0.4) is 0 Å². The molecule has 3 heteroatoms. The van der Waals surface area contributed by atoms with Crippen LogP contribution in [0.5, 0.6) is 0 Å². The van der Waals surface area contributed by atoms with Gasteiger partial charge in [-0.15, -0.1) is 0 Å². The van der Waals surface area contributed by atoms with E-state index in [0.717, 1.165) is 0 Å². The minimum absolute atomic E-state index is 0.595. The number of nitrogens with one attached hydrogen (secondary N) is 3. The number of rotatable bonds is 0. The molecule has 0 aliphatic carbocycles. The Labute approximate surface area is 73.3 Å². The van der Waals surface area contributed by atoms with Crippen LogP contribution in [0.15, 0.2) is 0 Å². The lowest BCUT2D eigenvalue weighted by Gasteiger charge is -2.49. The van der Waals surface area contributed by atoms with Gasteiger partial charge in [0.05, 0.1) is 0 Å². The summed E-state index contributed by atoms with van der Waals surface area (Å²) in [4.78, 5) is 0. The molecule has 3 saturated heterocycles. The number of hydrogen-bond acceptors (Lipinski definition) is 3. The van der Waals surface area contributed by atoms with Crippen LogP contribution >= 0.6 is 0 Å². The molecule has 3 N–H and O–H groups in total. The van der Waals surface area contributed by atoms with E-state index in [2.05, 4.69) is 16.0 Å². The first kappa shape index (κ1) is 7.30. The van der Waals surface area contributed by atoms with Crippen molar-refractivity contribution in [2.24, 2.45) is 10.8 Å². The highest BCUT2D eigenvalue weighted by atomic mass is 15.1. The summed E-state index contributed by atoms with van der Waals surface area (Å²) in [6, 6.07) is 0. The molecular weight excluding hydrogens is 150 g/mol. The molecule has 68 valence electrons. The van der Waals surface area contributed by atoms with Crippen molar-refractivity contribution in [2.75, 3.05) is 39.3 Å². The minimum Gasteiger partial charge on any atom is -0.316 e. The fourth-order valence-corrected chi connectivity index (χ4v) is 3.19. The summed E-state index contributed by atoms with van der Waals surface area (Å²) in [5.41, 5.74) is 1.20. The molecule has 3 rings (SSSR count). The largest absolute Gasteiger partial charge is 0.316 e. The van der Waals surface area contributed by atoms with Crippen LogP contribution in [0.1, 0.15) is 6.42 Å². The average Bonchev–Trinajstić information content (AvgIpc) is 2.57. The molecule has 12 heavy (non-hydrogen) atoms. The molecule has 0 aromatic rings. The molecule has 0 saturated carbocycles. The normalized spacial score (nSPS) is 44.0. The topological polar surface area (TPSA) is 36.1 Å². The van der Waals surface area contributed by atoms with Crippen LogP contribution in [-0.4, -0.2) is 39.3 Å². The van der Waals surface area contributed by atoms with E-state index < -0.39 is 0 Å². The van der Waals surface area contributed by atoms with Gasteiger partial charge in [0.25, 0.3) is 0 Å². The Morgan fingerprint density at radius 3 is 1.83 bits per heavy atom. The Bertz CT molecular complexity index is 186. The van der Waals surface area contributed by atoms with E-state index in [1.54, 1.807) is 0 Å². The predicted molar refractivity (Wildman–Crippen MR) is 48.1 cm³/mol. The van der Waals surface area contributed by atoms with Crippen molar-refractivity contribution in [2.45, 2.75) is 6.42 Å². The molecule has 0 aromatic heterocycles. The Morgan fingerprint density at radius 1 is 0.667 bits per heavy atom. The van der Waals surface area contributed by atoms with Crippen molar-refractivity contribution < 1.29 is 0 Å². The van der Waals surface area contributed by atoms with Crippen LogP contribution in [0.25, 0.3) is 0 Å². The van der Waals surface area contributed by atoms with Gasteiger partial charge in [0.15, 0.2) is 0 Å². The van der Waals surface area contributed by atoms with Gasteiger partial charge in [-0.1, -0.05) is 0 Å². The quantitative estimate of drug-likeness (QED) is 0.440. The predicted octanol–water partition coefficient (Wildman–Crippen LogP) is -0.841. The highest BCUT2D eigenvalue weighted by Gasteiger charge is 2.58. The maximum Gasteiger partial charge on any atom is 0.0158 e. The first-order valence-corrected chi connectivity index (χ1v) is 4.99. The van der Waals surface area contributed by atoms with Gasteiger partial charge in [-0.05, 0) is 13.0 Å². The van der Waals surface area contributed by atoms with E-state index in [1.165, 1.54) is 45.7 Å². The van der Waals surface area contributed by atoms with Gasteiger partial charge in [0, 0.05) is 43.6 Å². The Kier molecular flexibility index (Phi) is 1.35. The fourth-order valence-electron chi connectivity index (χ4n) is 3.19. The second kappa shape index (κ2) is 2.22. The third-order valence-corrected chi connectivity index (χ3v) is 4.22. The summed E-state index contributed by atoms with van der Waals surface area (Å²) < 4.78 is 0. The summed E-state index contributed by atoms with van der Waals surface area (Å²) in [7, 11) is 0. The Hall–Kier alpha value is -0.120. The second-order valence-electron chi connectivity index (χ2n) is 4.69. The lowest BCUT2D eigenvalue weighted by molar-refractivity contribution is 0.0498. The van der Waals surface area contributed by atoms with Crippen LogP contribution in [-0.2, 0) is 0 Å². The van der Waals surface area contributed by atoms with Crippen LogP contribution in [0.2, 0.25) is 0 Å².